The molecule has 3 aromatic carbocycles. The maximum Gasteiger partial charge on any atom is 0.338 e. The standard InChI is InChI=1S/C28H22O6/c1-3-31-27(29)21-15-20(26-14-18-10-6-8-12-24(18)34-26)22(28(30)32-4-2)16-19(21)25-13-17-9-5-7-11-23(17)33-25/h5-16H,3-4H2,1-2H3. The van der Waals surface area contributed by atoms with Crippen LogP contribution in [-0.2, 0) is 9.47 Å². The fraction of sp³-hybridized carbons (Fsp3) is 0.143. The van der Waals surface area contributed by atoms with Crippen molar-refractivity contribution in [2.45, 2.75) is 13.8 Å². The fourth-order valence-electron chi connectivity index (χ4n) is 3.99. The lowest BCUT2D eigenvalue weighted by Gasteiger charge is -2.13. The van der Waals surface area contributed by atoms with Crippen LogP contribution in [-0.4, -0.2) is 25.2 Å². The van der Waals surface area contributed by atoms with E-state index < -0.39 is 11.9 Å². The van der Waals surface area contributed by atoms with Gasteiger partial charge in [-0.2, -0.15) is 0 Å². The van der Waals surface area contributed by atoms with Crippen LogP contribution in [0.15, 0.2) is 81.6 Å². The number of ether oxygens (including phenoxy) is 2. The number of carbonyl (C=O) groups excluding carboxylic acids is 2. The summed E-state index contributed by atoms with van der Waals surface area (Å²) in [7, 11) is 0. The predicted octanol–water partition coefficient (Wildman–Crippen LogP) is 6.87. The molecule has 0 aliphatic carbocycles. The molecule has 0 spiro atoms. The molecule has 0 atom stereocenters. The van der Waals surface area contributed by atoms with Crippen LogP contribution < -0.4 is 0 Å². The van der Waals surface area contributed by atoms with Gasteiger partial charge in [-0.25, -0.2) is 9.59 Å². The van der Waals surface area contributed by atoms with E-state index in [4.69, 9.17) is 18.3 Å². The molecule has 6 heteroatoms. The number of esters is 2. The summed E-state index contributed by atoms with van der Waals surface area (Å²) < 4.78 is 22.7. The zero-order valence-electron chi connectivity index (χ0n) is 18.8. The number of para-hydroxylation sites is 2. The Balaban J connectivity index is 1.77. The minimum absolute atomic E-state index is 0.206. The maximum atomic E-state index is 13.0. The molecule has 5 aromatic rings. The van der Waals surface area contributed by atoms with Gasteiger partial charge in [0.25, 0.3) is 0 Å². The van der Waals surface area contributed by atoms with Crippen LogP contribution in [0.4, 0.5) is 0 Å². The first-order valence-corrected chi connectivity index (χ1v) is 11.1. The van der Waals surface area contributed by atoms with Gasteiger partial charge in [0.05, 0.1) is 24.3 Å². The van der Waals surface area contributed by atoms with Gasteiger partial charge in [0, 0.05) is 21.9 Å². The predicted molar refractivity (Wildman–Crippen MR) is 129 cm³/mol. The average Bonchev–Trinajstić information content (AvgIpc) is 3.47. The van der Waals surface area contributed by atoms with Gasteiger partial charge in [0.2, 0.25) is 0 Å². The van der Waals surface area contributed by atoms with Crippen LogP contribution in [0.1, 0.15) is 34.6 Å². The SMILES string of the molecule is CCOC(=O)c1cc(-c2cc3ccccc3o2)c(C(=O)OCC)cc1-c1cc2ccccc2o1. The molecular weight excluding hydrogens is 432 g/mol. The molecule has 0 saturated carbocycles. The van der Waals surface area contributed by atoms with E-state index in [0.29, 0.717) is 33.8 Å². The summed E-state index contributed by atoms with van der Waals surface area (Å²) in [5, 5.41) is 1.76. The largest absolute Gasteiger partial charge is 0.462 e. The Kier molecular flexibility index (Phi) is 5.64. The van der Waals surface area contributed by atoms with Crippen LogP contribution >= 0.6 is 0 Å². The molecule has 0 bridgehead atoms. The van der Waals surface area contributed by atoms with Crippen molar-refractivity contribution in [2.24, 2.45) is 0 Å². The summed E-state index contributed by atoms with van der Waals surface area (Å²) in [4.78, 5) is 26.0. The number of furan rings is 2. The van der Waals surface area contributed by atoms with Gasteiger partial charge in [-0.3, -0.25) is 0 Å². The van der Waals surface area contributed by atoms with Crippen molar-refractivity contribution < 1.29 is 27.9 Å². The highest BCUT2D eigenvalue weighted by molar-refractivity contribution is 6.05. The molecule has 0 fully saturated rings. The van der Waals surface area contributed by atoms with Crippen LogP contribution in [0.5, 0.6) is 0 Å². The second-order valence-electron chi connectivity index (χ2n) is 7.68. The summed E-state index contributed by atoms with van der Waals surface area (Å²) in [6, 6.07) is 22.0. The molecule has 6 nitrogen and oxygen atoms in total. The van der Waals surface area contributed by atoms with Gasteiger partial charge < -0.3 is 18.3 Å². The Hall–Kier alpha value is -4.32. The van der Waals surface area contributed by atoms with E-state index in [9.17, 15) is 9.59 Å². The van der Waals surface area contributed by atoms with Gasteiger partial charge in [0.15, 0.2) is 0 Å². The summed E-state index contributed by atoms with van der Waals surface area (Å²) in [5.74, 6) is -0.145. The molecule has 170 valence electrons. The lowest BCUT2D eigenvalue weighted by atomic mass is 9.95. The Morgan fingerprint density at radius 1 is 0.647 bits per heavy atom. The number of rotatable bonds is 6. The number of benzene rings is 3. The third kappa shape index (κ3) is 3.83. The van der Waals surface area contributed by atoms with Crippen LogP contribution in [0.3, 0.4) is 0 Å². The molecular formula is C28H22O6. The van der Waals surface area contributed by atoms with Crippen molar-refractivity contribution in [2.75, 3.05) is 13.2 Å². The van der Waals surface area contributed by atoms with Crippen LogP contribution in [0, 0.1) is 0 Å². The molecule has 2 heterocycles. The van der Waals surface area contributed by atoms with Gasteiger partial charge in [-0.1, -0.05) is 36.4 Å². The molecule has 0 saturated heterocycles. The number of hydrogen-bond acceptors (Lipinski definition) is 6. The van der Waals surface area contributed by atoms with Gasteiger partial charge in [-0.05, 0) is 50.2 Å². The topological polar surface area (TPSA) is 78.9 Å². The Labute approximate surface area is 195 Å². The highest BCUT2D eigenvalue weighted by atomic mass is 16.5. The van der Waals surface area contributed by atoms with E-state index in [0.717, 1.165) is 10.8 Å². The van der Waals surface area contributed by atoms with Crippen molar-refractivity contribution in [3.8, 4) is 22.6 Å². The fourth-order valence-corrected chi connectivity index (χ4v) is 3.99. The molecule has 0 unspecified atom stereocenters. The number of carbonyl (C=O) groups is 2. The first-order valence-electron chi connectivity index (χ1n) is 11.1. The molecule has 2 aromatic heterocycles. The minimum atomic E-state index is -0.522. The first kappa shape index (κ1) is 21.5. The van der Waals surface area contributed by atoms with Gasteiger partial charge >= 0.3 is 11.9 Å². The van der Waals surface area contributed by atoms with Crippen LogP contribution in [0.2, 0.25) is 0 Å². The first-order chi connectivity index (χ1) is 16.6. The highest BCUT2D eigenvalue weighted by Crippen LogP contribution is 2.37. The van der Waals surface area contributed by atoms with Crippen molar-refractivity contribution in [1.29, 1.82) is 0 Å². The molecule has 0 radical (unpaired) electrons. The number of hydrogen-bond donors (Lipinski definition) is 0. The summed E-state index contributed by atoms with van der Waals surface area (Å²) >= 11 is 0. The second kappa shape index (κ2) is 8.90. The van der Waals surface area contributed by atoms with Crippen molar-refractivity contribution >= 4 is 33.9 Å². The third-order valence-corrected chi connectivity index (χ3v) is 5.53. The average molecular weight is 454 g/mol. The van der Waals surface area contributed by atoms with Gasteiger partial charge in [0.1, 0.15) is 22.7 Å². The maximum absolute atomic E-state index is 13.0. The van der Waals surface area contributed by atoms with Gasteiger partial charge in [-0.15, -0.1) is 0 Å². The summed E-state index contributed by atoms with van der Waals surface area (Å²) in [5.41, 5.74) is 2.77. The lowest BCUT2D eigenvalue weighted by Crippen LogP contribution is -2.11. The molecule has 5 rings (SSSR count). The summed E-state index contributed by atoms with van der Waals surface area (Å²) in [6.45, 7) is 3.90. The lowest BCUT2D eigenvalue weighted by molar-refractivity contribution is 0.0512. The minimum Gasteiger partial charge on any atom is -0.462 e. The Morgan fingerprint density at radius 2 is 1.06 bits per heavy atom. The third-order valence-electron chi connectivity index (χ3n) is 5.53. The van der Waals surface area contributed by atoms with Crippen molar-refractivity contribution in [3.05, 3.63) is 83.9 Å². The van der Waals surface area contributed by atoms with Crippen molar-refractivity contribution in [1.82, 2.24) is 0 Å². The Bertz CT molecular complexity index is 1340. The number of fused-ring (bicyclic) bond motifs is 2. The molecule has 0 N–H and O–H groups in total. The molecule has 0 amide bonds. The van der Waals surface area contributed by atoms with E-state index in [1.807, 2.05) is 60.7 Å². The molecule has 34 heavy (non-hydrogen) atoms. The Morgan fingerprint density at radius 3 is 1.44 bits per heavy atom. The molecule has 0 aliphatic rings. The normalized spacial score (nSPS) is 11.1. The van der Waals surface area contributed by atoms with Crippen LogP contribution in [0.25, 0.3) is 44.6 Å². The van der Waals surface area contributed by atoms with Crippen molar-refractivity contribution in [3.63, 3.8) is 0 Å². The highest BCUT2D eigenvalue weighted by Gasteiger charge is 2.26. The zero-order chi connectivity index (χ0) is 23.7. The zero-order valence-corrected chi connectivity index (χ0v) is 18.8. The molecule has 0 aliphatic heterocycles. The van der Waals surface area contributed by atoms with E-state index in [-0.39, 0.29) is 24.3 Å². The monoisotopic (exact) mass is 454 g/mol. The summed E-state index contributed by atoms with van der Waals surface area (Å²) in [6.07, 6.45) is 0. The smallest absolute Gasteiger partial charge is 0.338 e. The van der Waals surface area contributed by atoms with E-state index >= 15 is 0 Å². The van der Waals surface area contributed by atoms with E-state index in [2.05, 4.69) is 0 Å². The second-order valence-corrected chi connectivity index (χ2v) is 7.68. The van der Waals surface area contributed by atoms with E-state index in [1.54, 1.807) is 26.0 Å². The van der Waals surface area contributed by atoms with E-state index in [1.165, 1.54) is 0 Å². The quantitative estimate of drug-likeness (QED) is 0.261.